The number of anilines is 1. The molecule has 200 valence electrons. The first-order valence-electron chi connectivity index (χ1n) is 13.6. The SMILES string of the molecule is CCCCCCOc1ccccc1C1(Nc2nccn(-c3cc(C(=O)NC4CC4)cc(F)c3C)c2=O)CC1. The molecule has 2 saturated carbocycles. The van der Waals surface area contributed by atoms with E-state index in [9.17, 15) is 14.0 Å². The number of nitrogens with one attached hydrogen (secondary N) is 2. The predicted octanol–water partition coefficient (Wildman–Crippen LogP) is 5.63. The zero-order valence-corrected chi connectivity index (χ0v) is 22.1. The molecule has 2 N–H and O–H groups in total. The van der Waals surface area contributed by atoms with Crippen molar-refractivity contribution in [3.05, 3.63) is 81.7 Å². The fourth-order valence-electron chi connectivity index (χ4n) is 4.74. The highest BCUT2D eigenvalue weighted by atomic mass is 19.1. The second-order valence-corrected chi connectivity index (χ2v) is 10.4. The first-order valence-corrected chi connectivity index (χ1v) is 13.6. The van der Waals surface area contributed by atoms with Gasteiger partial charge in [-0.15, -0.1) is 0 Å². The molecule has 1 amide bonds. The Morgan fingerprint density at radius 3 is 2.71 bits per heavy atom. The summed E-state index contributed by atoms with van der Waals surface area (Å²) in [6.45, 7) is 4.44. The Morgan fingerprint density at radius 1 is 1.18 bits per heavy atom. The summed E-state index contributed by atoms with van der Waals surface area (Å²) in [5.74, 6) is 0.120. The molecule has 1 heterocycles. The normalized spacial score (nSPS) is 15.7. The van der Waals surface area contributed by atoms with Crippen LogP contribution in [0.2, 0.25) is 0 Å². The number of carbonyl (C=O) groups excluding carboxylic acids is 1. The predicted molar refractivity (Wildman–Crippen MR) is 146 cm³/mol. The van der Waals surface area contributed by atoms with Gasteiger partial charge in [0.25, 0.3) is 11.5 Å². The highest BCUT2D eigenvalue weighted by Gasteiger charge is 2.47. The molecule has 0 saturated heterocycles. The van der Waals surface area contributed by atoms with E-state index in [2.05, 4.69) is 22.5 Å². The summed E-state index contributed by atoms with van der Waals surface area (Å²) < 4.78 is 22.3. The van der Waals surface area contributed by atoms with Gasteiger partial charge in [-0.3, -0.25) is 14.2 Å². The monoisotopic (exact) mass is 518 g/mol. The van der Waals surface area contributed by atoms with E-state index in [4.69, 9.17) is 4.74 Å². The van der Waals surface area contributed by atoms with Crippen molar-refractivity contribution in [1.82, 2.24) is 14.9 Å². The summed E-state index contributed by atoms with van der Waals surface area (Å²) in [6, 6.07) is 10.9. The van der Waals surface area contributed by atoms with Gasteiger partial charge in [0.05, 0.1) is 17.8 Å². The van der Waals surface area contributed by atoms with Crippen molar-refractivity contribution in [3.63, 3.8) is 0 Å². The molecule has 2 aromatic carbocycles. The largest absolute Gasteiger partial charge is 0.493 e. The number of rotatable bonds is 12. The van der Waals surface area contributed by atoms with Crippen molar-refractivity contribution in [2.24, 2.45) is 0 Å². The second kappa shape index (κ2) is 11.0. The van der Waals surface area contributed by atoms with Crippen LogP contribution in [-0.4, -0.2) is 28.1 Å². The molecule has 5 rings (SSSR count). The minimum absolute atomic E-state index is 0.146. The molecule has 0 atom stereocenters. The maximum Gasteiger partial charge on any atom is 0.297 e. The van der Waals surface area contributed by atoms with Crippen molar-refractivity contribution in [1.29, 1.82) is 0 Å². The van der Waals surface area contributed by atoms with Gasteiger partial charge in [0.15, 0.2) is 5.82 Å². The lowest BCUT2D eigenvalue weighted by atomic mass is 10.0. The van der Waals surface area contributed by atoms with Gasteiger partial charge in [0.1, 0.15) is 11.6 Å². The Hall–Kier alpha value is -3.68. The van der Waals surface area contributed by atoms with E-state index in [1.54, 1.807) is 13.0 Å². The minimum atomic E-state index is -0.537. The molecule has 0 spiro atoms. The number of hydrogen-bond acceptors (Lipinski definition) is 5. The summed E-state index contributed by atoms with van der Waals surface area (Å²) in [7, 11) is 0. The van der Waals surface area contributed by atoms with Crippen LogP contribution >= 0.6 is 0 Å². The number of benzene rings is 2. The maximum atomic E-state index is 14.8. The number of unbranched alkanes of at least 4 members (excludes halogenated alkanes) is 3. The molecule has 38 heavy (non-hydrogen) atoms. The maximum absolute atomic E-state index is 14.8. The highest BCUT2D eigenvalue weighted by Crippen LogP contribution is 2.50. The molecule has 0 radical (unpaired) electrons. The number of carbonyl (C=O) groups is 1. The molecule has 2 aliphatic carbocycles. The molecule has 0 unspecified atom stereocenters. The molecule has 8 heteroatoms. The Balaban J connectivity index is 1.40. The van der Waals surface area contributed by atoms with Crippen LogP contribution in [0.25, 0.3) is 5.69 Å². The van der Waals surface area contributed by atoms with Gasteiger partial charge in [0, 0.05) is 35.1 Å². The number of para-hydroxylation sites is 1. The van der Waals surface area contributed by atoms with Crippen LogP contribution < -0.4 is 20.9 Å². The Kier molecular flexibility index (Phi) is 7.49. The summed E-state index contributed by atoms with van der Waals surface area (Å²) in [6.07, 6.45) is 11.1. The molecule has 0 bridgehead atoms. The van der Waals surface area contributed by atoms with Gasteiger partial charge in [-0.2, -0.15) is 0 Å². The van der Waals surface area contributed by atoms with Gasteiger partial charge in [0.2, 0.25) is 0 Å². The Morgan fingerprint density at radius 2 is 1.97 bits per heavy atom. The summed E-state index contributed by atoms with van der Waals surface area (Å²) in [5.41, 5.74) is 0.957. The average molecular weight is 519 g/mol. The molecule has 1 aromatic heterocycles. The van der Waals surface area contributed by atoms with Crippen LogP contribution in [0.5, 0.6) is 5.75 Å². The second-order valence-electron chi connectivity index (χ2n) is 10.4. The number of aromatic nitrogens is 2. The smallest absolute Gasteiger partial charge is 0.297 e. The van der Waals surface area contributed by atoms with Crippen molar-refractivity contribution in [2.75, 3.05) is 11.9 Å². The molecular weight excluding hydrogens is 483 g/mol. The lowest BCUT2D eigenvalue weighted by molar-refractivity contribution is 0.0950. The first kappa shape index (κ1) is 25.9. The topological polar surface area (TPSA) is 85.2 Å². The van der Waals surface area contributed by atoms with Crippen molar-refractivity contribution < 1.29 is 13.9 Å². The van der Waals surface area contributed by atoms with Crippen LogP contribution in [0.4, 0.5) is 10.2 Å². The van der Waals surface area contributed by atoms with Crippen molar-refractivity contribution in [3.8, 4) is 11.4 Å². The van der Waals surface area contributed by atoms with E-state index in [-0.39, 0.29) is 28.9 Å². The number of halogens is 1. The lowest BCUT2D eigenvalue weighted by Crippen LogP contribution is -2.30. The minimum Gasteiger partial charge on any atom is -0.493 e. The van der Waals surface area contributed by atoms with Crippen LogP contribution in [-0.2, 0) is 5.54 Å². The zero-order valence-electron chi connectivity index (χ0n) is 22.1. The molecular formula is C30H35FN4O3. The summed E-state index contributed by atoms with van der Waals surface area (Å²) in [4.78, 5) is 30.5. The third-order valence-corrected chi connectivity index (χ3v) is 7.36. The van der Waals surface area contributed by atoms with Gasteiger partial charge in [-0.25, -0.2) is 9.37 Å². The first-order chi connectivity index (χ1) is 18.4. The Bertz CT molecular complexity index is 1380. The zero-order chi connectivity index (χ0) is 26.7. The standard InChI is InChI=1S/C30H35FN4O3/c1-3-4-5-8-17-38-26-10-7-6-9-23(26)30(13-14-30)34-27-29(37)35(16-15-32-27)25-19-21(18-24(31)20(25)2)28(36)33-22-11-12-22/h6-7,9-10,15-16,18-19,22H,3-5,8,11-14,17H2,1-2H3,(H,32,34)(H,33,36). The van der Waals surface area contributed by atoms with Gasteiger partial charge < -0.3 is 15.4 Å². The number of ether oxygens (including phenoxy) is 1. The average Bonchev–Trinajstić information content (AvgIpc) is 3.85. The van der Waals surface area contributed by atoms with Crippen molar-refractivity contribution in [2.45, 2.75) is 76.8 Å². The van der Waals surface area contributed by atoms with Gasteiger partial charge in [-0.05, 0) is 57.2 Å². The fraction of sp³-hybridized carbons (Fsp3) is 0.433. The third-order valence-electron chi connectivity index (χ3n) is 7.36. The quantitative estimate of drug-likeness (QED) is 0.304. The highest BCUT2D eigenvalue weighted by molar-refractivity contribution is 5.95. The number of nitrogens with zero attached hydrogens (tertiary/aromatic N) is 2. The molecule has 2 fully saturated rings. The van der Waals surface area contributed by atoms with Crippen molar-refractivity contribution >= 4 is 11.7 Å². The Labute approximate surface area is 222 Å². The molecule has 7 nitrogen and oxygen atoms in total. The molecule has 2 aliphatic rings. The van der Waals surface area contributed by atoms with Gasteiger partial charge in [-0.1, -0.05) is 44.4 Å². The van der Waals surface area contributed by atoms with E-state index in [1.165, 1.54) is 35.9 Å². The summed E-state index contributed by atoms with van der Waals surface area (Å²) in [5, 5.41) is 6.26. The van der Waals surface area contributed by atoms with Crippen LogP contribution in [0.15, 0.2) is 53.6 Å². The van der Waals surface area contributed by atoms with E-state index >= 15 is 0 Å². The van der Waals surface area contributed by atoms with Crippen LogP contribution in [0.1, 0.15) is 79.8 Å². The van der Waals surface area contributed by atoms with E-state index in [0.717, 1.165) is 49.8 Å². The lowest BCUT2D eigenvalue weighted by Gasteiger charge is -2.22. The van der Waals surface area contributed by atoms with E-state index in [1.807, 2.05) is 24.3 Å². The molecule has 0 aliphatic heterocycles. The summed E-state index contributed by atoms with van der Waals surface area (Å²) >= 11 is 0. The van der Waals surface area contributed by atoms with E-state index < -0.39 is 16.9 Å². The molecule has 3 aromatic rings. The fourth-order valence-corrected chi connectivity index (χ4v) is 4.74. The van der Waals surface area contributed by atoms with E-state index in [0.29, 0.717) is 12.3 Å². The number of amides is 1. The number of hydrogen-bond donors (Lipinski definition) is 2. The van der Waals surface area contributed by atoms with Crippen LogP contribution in [0, 0.1) is 12.7 Å². The third kappa shape index (κ3) is 5.59. The van der Waals surface area contributed by atoms with Gasteiger partial charge >= 0.3 is 0 Å². The van der Waals surface area contributed by atoms with Crippen LogP contribution in [0.3, 0.4) is 0 Å².